The maximum absolute atomic E-state index is 10.6. The minimum absolute atomic E-state index is 0.107. The zero-order valence-electron chi connectivity index (χ0n) is 9.82. The Hall–Kier alpha value is -1.48. The topological polar surface area (TPSA) is 40.5 Å². The lowest BCUT2D eigenvalue weighted by Crippen LogP contribution is -2.26. The van der Waals surface area contributed by atoms with Crippen LogP contribution in [0.1, 0.15) is 12.0 Å². The van der Waals surface area contributed by atoms with Crippen LogP contribution in [0, 0.1) is 6.92 Å². The Labute approximate surface area is 106 Å². The van der Waals surface area contributed by atoms with Crippen LogP contribution in [0.25, 0.3) is 0 Å². The molecule has 1 N–H and O–H groups in total. The molecule has 0 atom stereocenters. The third-order valence-electron chi connectivity index (χ3n) is 2.44. The zero-order valence-corrected chi connectivity index (χ0v) is 10.6. The summed E-state index contributed by atoms with van der Waals surface area (Å²) in [6.45, 7) is 6.72. The molecule has 3 nitrogen and oxygen atoms in total. The van der Waals surface area contributed by atoms with Crippen LogP contribution < -0.4 is 4.90 Å². The summed E-state index contributed by atoms with van der Waals surface area (Å²) in [6.07, 6.45) is 1.87. The van der Waals surface area contributed by atoms with E-state index in [1.165, 1.54) is 0 Å². The molecule has 92 valence electrons. The van der Waals surface area contributed by atoms with Crippen LogP contribution in [0.3, 0.4) is 0 Å². The third-order valence-corrected chi connectivity index (χ3v) is 2.68. The number of halogens is 1. The summed E-state index contributed by atoms with van der Waals surface area (Å²) in [6, 6.07) is 5.58. The number of aryl methyl sites for hydroxylation is 1. The second-order valence-electron chi connectivity index (χ2n) is 3.81. The van der Waals surface area contributed by atoms with E-state index in [2.05, 4.69) is 6.58 Å². The molecular formula is C13H16ClNO2. The molecule has 0 unspecified atom stereocenters. The molecule has 0 aliphatic rings. The normalized spacial score (nSPS) is 10.0. The lowest BCUT2D eigenvalue weighted by Gasteiger charge is -2.24. The van der Waals surface area contributed by atoms with E-state index in [9.17, 15) is 4.79 Å². The highest BCUT2D eigenvalue weighted by molar-refractivity contribution is 6.30. The number of hydrogen-bond donors (Lipinski definition) is 1. The lowest BCUT2D eigenvalue weighted by atomic mass is 10.1. The van der Waals surface area contributed by atoms with E-state index in [1.54, 1.807) is 12.1 Å². The SMILES string of the molecule is C=CCN(CCC(=O)O)c1ccc(Cl)cc1C. The molecule has 0 saturated heterocycles. The van der Waals surface area contributed by atoms with Gasteiger partial charge in [0.25, 0.3) is 0 Å². The van der Waals surface area contributed by atoms with Crippen molar-refractivity contribution in [3.8, 4) is 0 Å². The molecule has 0 bridgehead atoms. The van der Waals surface area contributed by atoms with Crippen molar-refractivity contribution in [3.63, 3.8) is 0 Å². The predicted octanol–water partition coefficient (Wildman–Crippen LogP) is 3.12. The Kier molecular flexibility index (Phi) is 5.04. The van der Waals surface area contributed by atoms with Crippen LogP contribution in [0.2, 0.25) is 5.02 Å². The molecule has 0 aromatic heterocycles. The molecule has 1 aromatic carbocycles. The van der Waals surface area contributed by atoms with Gasteiger partial charge in [-0.1, -0.05) is 17.7 Å². The average Bonchev–Trinajstić information content (AvgIpc) is 2.24. The van der Waals surface area contributed by atoms with Gasteiger partial charge in [0, 0.05) is 23.8 Å². The van der Waals surface area contributed by atoms with Crippen molar-refractivity contribution in [2.24, 2.45) is 0 Å². The van der Waals surface area contributed by atoms with E-state index in [0.717, 1.165) is 11.3 Å². The third kappa shape index (κ3) is 4.11. The first kappa shape index (κ1) is 13.6. The molecule has 0 spiro atoms. The van der Waals surface area contributed by atoms with Crippen molar-refractivity contribution in [1.29, 1.82) is 0 Å². The van der Waals surface area contributed by atoms with E-state index in [0.29, 0.717) is 18.1 Å². The van der Waals surface area contributed by atoms with Gasteiger partial charge in [-0.15, -0.1) is 6.58 Å². The van der Waals surface area contributed by atoms with Crippen molar-refractivity contribution in [2.75, 3.05) is 18.0 Å². The molecule has 0 aliphatic carbocycles. The number of rotatable bonds is 6. The van der Waals surface area contributed by atoms with E-state index < -0.39 is 5.97 Å². The van der Waals surface area contributed by atoms with Gasteiger partial charge in [-0.3, -0.25) is 4.79 Å². The van der Waals surface area contributed by atoms with Gasteiger partial charge in [0.1, 0.15) is 0 Å². The van der Waals surface area contributed by atoms with E-state index >= 15 is 0 Å². The number of carbonyl (C=O) groups is 1. The standard InChI is InChI=1S/C13H16ClNO2/c1-3-7-15(8-6-13(16)17)12-5-4-11(14)9-10(12)2/h3-5,9H,1,6-8H2,2H3,(H,16,17). The molecule has 1 aromatic rings. The van der Waals surface area contributed by atoms with Crippen molar-refractivity contribution < 1.29 is 9.90 Å². The monoisotopic (exact) mass is 253 g/mol. The molecule has 4 heteroatoms. The summed E-state index contributed by atoms with van der Waals surface area (Å²) in [7, 11) is 0. The quantitative estimate of drug-likeness (QED) is 0.792. The van der Waals surface area contributed by atoms with Gasteiger partial charge in [0.15, 0.2) is 0 Å². The number of anilines is 1. The van der Waals surface area contributed by atoms with Gasteiger partial charge >= 0.3 is 5.97 Å². The first-order valence-electron chi connectivity index (χ1n) is 5.38. The second kappa shape index (κ2) is 6.30. The largest absolute Gasteiger partial charge is 0.481 e. The molecular weight excluding hydrogens is 238 g/mol. The summed E-state index contributed by atoms with van der Waals surface area (Å²) in [5.74, 6) is -0.800. The Bertz CT molecular complexity index is 418. The molecule has 1 rings (SSSR count). The molecule has 0 aliphatic heterocycles. The number of carboxylic acid groups (broad SMARTS) is 1. The van der Waals surface area contributed by atoms with Crippen LogP contribution in [0.5, 0.6) is 0 Å². The Morgan fingerprint density at radius 3 is 2.82 bits per heavy atom. The molecule has 17 heavy (non-hydrogen) atoms. The van der Waals surface area contributed by atoms with Crippen LogP contribution in [-0.2, 0) is 4.79 Å². The fourth-order valence-electron chi connectivity index (χ4n) is 1.67. The highest BCUT2D eigenvalue weighted by Gasteiger charge is 2.09. The smallest absolute Gasteiger partial charge is 0.305 e. The Balaban J connectivity index is 2.88. The van der Waals surface area contributed by atoms with E-state index in [1.807, 2.05) is 24.0 Å². The first-order valence-corrected chi connectivity index (χ1v) is 5.76. The van der Waals surface area contributed by atoms with Gasteiger partial charge < -0.3 is 10.0 Å². The average molecular weight is 254 g/mol. The fraction of sp³-hybridized carbons (Fsp3) is 0.308. The van der Waals surface area contributed by atoms with Crippen LogP contribution in [0.4, 0.5) is 5.69 Å². The van der Waals surface area contributed by atoms with Gasteiger partial charge in [0.2, 0.25) is 0 Å². The van der Waals surface area contributed by atoms with Crippen molar-refractivity contribution in [2.45, 2.75) is 13.3 Å². The molecule has 0 amide bonds. The van der Waals surface area contributed by atoms with Crippen molar-refractivity contribution >= 4 is 23.3 Å². The van der Waals surface area contributed by atoms with Crippen molar-refractivity contribution in [3.05, 3.63) is 41.4 Å². The maximum Gasteiger partial charge on any atom is 0.305 e. The van der Waals surface area contributed by atoms with Gasteiger partial charge in [0.05, 0.1) is 6.42 Å². The second-order valence-corrected chi connectivity index (χ2v) is 4.25. The highest BCUT2D eigenvalue weighted by atomic mass is 35.5. The highest BCUT2D eigenvalue weighted by Crippen LogP contribution is 2.23. The summed E-state index contributed by atoms with van der Waals surface area (Å²) < 4.78 is 0. The van der Waals surface area contributed by atoms with Gasteiger partial charge in [-0.05, 0) is 30.7 Å². The van der Waals surface area contributed by atoms with E-state index in [-0.39, 0.29) is 6.42 Å². The summed E-state index contributed by atoms with van der Waals surface area (Å²) in [5.41, 5.74) is 2.03. The van der Waals surface area contributed by atoms with Crippen molar-refractivity contribution in [1.82, 2.24) is 0 Å². The number of aliphatic carboxylic acids is 1. The Morgan fingerprint density at radius 1 is 1.59 bits per heavy atom. The summed E-state index contributed by atoms with van der Waals surface area (Å²) in [5, 5.41) is 9.40. The van der Waals surface area contributed by atoms with Gasteiger partial charge in [-0.2, -0.15) is 0 Å². The maximum atomic E-state index is 10.6. The van der Waals surface area contributed by atoms with E-state index in [4.69, 9.17) is 16.7 Å². The van der Waals surface area contributed by atoms with Crippen LogP contribution in [0.15, 0.2) is 30.9 Å². The number of nitrogens with zero attached hydrogens (tertiary/aromatic N) is 1. The predicted molar refractivity (Wildman–Crippen MR) is 70.9 cm³/mol. The summed E-state index contributed by atoms with van der Waals surface area (Å²) in [4.78, 5) is 12.6. The number of carboxylic acids is 1. The summed E-state index contributed by atoms with van der Waals surface area (Å²) >= 11 is 5.89. The number of hydrogen-bond acceptors (Lipinski definition) is 2. The minimum Gasteiger partial charge on any atom is -0.481 e. The zero-order chi connectivity index (χ0) is 12.8. The first-order chi connectivity index (χ1) is 8.04. The molecule has 0 radical (unpaired) electrons. The molecule has 0 saturated carbocycles. The molecule has 0 fully saturated rings. The van der Waals surface area contributed by atoms with Crippen LogP contribution in [-0.4, -0.2) is 24.2 Å². The Morgan fingerprint density at radius 2 is 2.29 bits per heavy atom. The lowest BCUT2D eigenvalue weighted by molar-refractivity contribution is -0.136. The van der Waals surface area contributed by atoms with Gasteiger partial charge in [-0.25, -0.2) is 0 Å². The fourth-order valence-corrected chi connectivity index (χ4v) is 1.90. The molecule has 0 heterocycles. The number of benzene rings is 1. The minimum atomic E-state index is -0.800. The van der Waals surface area contributed by atoms with Crippen LogP contribution >= 0.6 is 11.6 Å².